The van der Waals surface area contributed by atoms with E-state index in [1.54, 1.807) is 0 Å². The molecule has 0 unspecified atom stereocenters. The van der Waals surface area contributed by atoms with Gasteiger partial charge in [0.25, 0.3) is 0 Å². The summed E-state index contributed by atoms with van der Waals surface area (Å²) in [5, 5.41) is 5.44. The van der Waals surface area contributed by atoms with E-state index in [-0.39, 0.29) is 0 Å². The third-order valence-corrected chi connectivity index (χ3v) is 4.44. The quantitative estimate of drug-likeness (QED) is 0.905. The predicted molar refractivity (Wildman–Crippen MR) is 84.3 cm³/mol. The highest BCUT2D eigenvalue weighted by molar-refractivity contribution is 7.10. The lowest BCUT2D eigenvalue weighted by Gasteiger charge is -2.28. The minimum atomic E-state index is 0.331. The molecule has 0 fully saturated rings. The van der Waals surface area contributed by atoms with E-state index in [9.17, 15) is 0 Å². The van der Waals surface area contributed by atoms with Crippen molar-refractivity contribution in [3.63, 3.8) is 0 Å². The Morgan fingerprint density at radius 3 is 3.20 bits per heavy atom. The minimum Gasteiger partial charge on any atom is -0.370 e. The van der Waals surface area contributed by atoms with Crippen LogP contribution in [0, 0.1) is 0 Å². The molecule has 0 saturated carbocycles. The maximum Gasteiger partial charge on any atom is 0.223 e. The Morgan fingerprint density at radius 2 is 2.35 bits per heavy atom. The Bertz CT molecular complexity index is 595. The molecule has 3 N–H and O–H groups in total. The molecule has 0 spiro atoms. The zero-order valence-electron chi connectivity index (χ0n) is 11.6. The van der Waals surface area contributed by atoms with Crippen LogP contribution in [0.15, 0.2) is 17.5 Å². The molecule has 20 heavy (non-hydrogen) atoms. The third-order valence-electron chi connectivity index (χ3n) is 3.42. The summed E-state index contributed by atoms with van der Waals surface area (Å²) in [6.07, 6.45) is 2.13. The number of aromatic nitrogens is 2. The number of hydrogen-bond acceptors (Lipinski definition) is 6. The monoisotopic (exact) mass is 289 g/mol. The topological polar surface area (TPSA) is 67.1 Å². The average molecular weight is 289 g/mol. The summed E-state index contributed by atoms with van der Waals surface area (Å²) in [7, 11) is 0. The minimum absolute atomic E-state index is 0.331. The average Bonchev–Trinajstić information content (AvgIpc) is 2.92. The number of rotatable bonds is 4. The van der Waals surface area contributed by atoms with E-state index in [4.69, 9.17) is 5.73 Å². The molecule has 0 radical (unpaired) electrons. The molecule has 5 nitrogen and oxygen atoms in total. The van der Waals surface area contributed by atoms with E-state index in [1.165, 1.54) is 10.4 Å². The van der Waals surface area contributed by atoms with Crippen LogP contribution in [0.2, 0.25) is 0 Å². The van der Waals surface area contributed by atoms with Gasteiger partial charge < -0.3 is 16.0 Å². The van der Waals surface area contributed by atoms with Gasteiger partial charge in [0.15, 0.2) is 0 Å². The van der Waals surface area contributed by atoms with Gasteiger partial charge in [-0.15, -0.1) is 11.3 Å². The number of nitrogen functional groups attached to an aromatic ring is 1. The molecule has 3 heterocycles. The molecule has 0 aromatic carbocycles. The maximum absolute atomic E-state index is 5.83. The molecule has 0 atom stereocenters. The molecule has 0 aliphatic carbocycles. The van der Waals surface area contributed by atoms with Crippen molar-refractivity contribution in [3.8, 4) is 0 Å². The van der Waals surface area contributed by atoms with Gasteiger partial charge in [-0.3, -0.25) is 0 Å². The highest BCUT2D eigenvalue weighted by Crippen LogP contribution is 2.27. The van der Waals surface area contributed by atoms with Gasteiger partial charge in [-0.25, -0.2) is 0 Å². The van der Waals surface area contributed by atoms with E-state index < -0.39 is 0 Å². The zero-order valence-corrected chi connectivity index (χ0v) is 12.4. The second-order valence-electron chi connectivity index (χ2n) is 4.94. The lowest BCUT2D eigenvalue weighted by Crippen LogP contribution is -2.30. The smallest absolute Gasteiger partial charge is 0.223 e. The fourth-order valence-electron chi connectivity index (χ4n) is 2.40. The number of anilines is 3. The van der Waals surface area contributed by atoms with Crippen LogP contribution in [0.4, 0.5) is 17.6 Å². The fraction of sp³-hybridized carbons (Fsp3) is 0.429. The normalized spacial score (nSPS) is 14.2. The molecule has 6 heteroatoms. The molecule has 3 rings (SSSR count). The Kier molecular flexibility index (Phi) is 3.73. The molecule has 106 valence electrons. The maximum atomic E-state index is 5.83. The van der Waals surface area contributed by atoms with Crippen LogP contribution < -0.4 is 16.0 Å². The van der Waals surface area contributed by atoms with Crippen molar-refractivity contribution in [3.05, 3.63) is 28.0 Å². The van der Waals surface area contributed by atoms with Gasteiger partial charge in [-0.1, -0.05) is 6.92 Å². The number of hydrogen-bond donors (Lipinski definition) is 2. The van der Waals surface area contributed by atoms with Crippen molar-refractivity contribution in [2.75, 3.05) is 29.0 Å². The van der Waals surface area contributed by atoms with Gasteiger partial charge in [0.05, 0.1) is 0 Å². The summed E-state index contributed by atoms with van der Waals surface area (Å²) in [6, 6.07) is 4.19. The molecule has 0 amide bonds. The summed E-state index contributed by atoms with van der Waals surface area (Å²) < 4.78 is 0. The standard InChI is InChI=1S/C14H19N5S/c1-2-5-16-12-8-13(18-14(15)17-12)19-6-3-11-10(9-19)4-7-20-11/h4,7-8H,2-3,5-6,9H2,1H3,(H3,15,16,17,18). The van der Waals surface area contributed by atoms with E-state index >= 15 is 0 Å². The molecular weight excluding hydrogens is 270 g/mol. The third kappa shape index (κ3) is 2.70. The second-order valence-corrected chi connectivity index (χ2v) is 5.94. The first kappa shape index (κ1) is 13.2. The molecule has 0 bridgehead atoms. The highest BCUT2D eigenvalue weighted by atomic mass is 32.1. The summed E-state index contributed by atoms with van der Waals surface area (Å²) >= 11 is 1.84. The van der Waals surface area contributed by atoms with Crippen LogP contribution >= 0.6 is 11.3 Å². The van der Waals surface area contributed by atoms with E-state index in [0.29, 0.717) is 5.95 Å². The Labute approximate surface area is 122 Å². The number of thiophene rings is 1. The number of nitrogens with one attached hydrogen (secondary N) is 1. The summed E-state index contributed by atoms with van der Waals surface area (Å²) in [4.78, 5) is 12.4. The summed E-state index contributed by atoms with van der Waals surface area (Å²) in [5.41, 5.74) is 7.23. The van der Waals surface area contributed by atoms with Crippen LogP contribution in [0.5, 0.6) is 0 Å². The van der Waals surface area contributed by atoms with Crippen LogP contribution in [-0.4, -0.2) is 23.1 Å². The van der Waals surface area contributed by atoms with Crippen molar-refractivity contribution >= 4 is 28.9 Å². The molecule has 1 aliphatic heterocycles. The first-order valence-electron chi connectivity index (χ1n) is 6.95. The fourth-order valence-corrected chi connectivity index (χ4v) is 3.29. The number of nitrogens with two attached hydrogens (primary N) is 1. The van der Waals surface area contributed by atoms with E-state index in [2.05, 4.69) is 38.6 Å². The second kappa shape index (κ2) is 5.66. The summed E-state index contributed by atoms with van der Waals surface area (Å²) in [6.45, 7) is 4.91. The predicted octanol–water partition coefficient (Wildman–Crippen LogP) is 2.50. The van der Waals surface area contributed by atoms with Crippen molar-refractivity contribution < 1.29 is 0 Å². The van der Waals surface area contributed by atoms with Gasteiger partial charge in [0, 0.05) is 30.6 Å². The van der Waals surface area contributed by atoms with Gasteiger partial charge in [0.1, 0.15) is 11.6 Å². The van der Waals surface area contributed by atoms with Gasteiger partial charge in [-0.05, 0) is 29.9 Å². The Hall–Kier alpha value is -1.82. The van der Waals surface area contributed by atoms with Crippen molar-refractivity contribution in [2.24, 2.45) is 0 Å². The largest absolute Gasteiger partial charge is 0.370 e. The van der Waals surface area contributed by atoms with Gasteiger partial charge in [-0.2, -0.15) is 9.97 Å². The molecule has 0 saturated heterocycles. The number of fused-ring (bicyclic) bond motifs is 1. The Balaban J connectivity index is 1.82. The van der Waals surface area contributed by atoms with Crippen molar-refractivity contribution in [2.45, 2.75) is 26.3 Å². The lowest BCUT2D eigenvalue weighted by atomic mass is 10.1. The SMILES string of the molecule is CCCNc1cc(N2CCc3sccc3C2)nc(N)n1. The van der Waals surface area contributed by atoms with Crippen LogP contribution in [0.1, 0.15) is 23.8 Å². The van der Waals surface area contributed by atoms with E-state index in [1.807, 2.05) is 17.4 Å². The highest BCUT2D eigenvalue weighted by Gasteiger charge is 2.19. The Morgan fingerprint density at radius 1 is 1.45 bits per heavy atom. The van der Waals surface area contributed by atoms with E-state index in [0.717, 1.165) is 44.1 Å². The zero-order chi connectivity index (χ0) is 13.9. The summed E-state index contributed by atoms with van der Waals surface area (Å²) in [5.74, 6) is 2.05. The molecule has 2 aromatic rings. The first-order chi connectivity index (χ1) is 9.76. The molecule has 2 aromatic heterocycles. The lowest BCUT2D eigenvalue weighted by molar-refractivity contribution is 0.731. The van der Waals surface area contributed by atoms with Gasteiger partial charge in [0.2, 0.25) is 5.95 Å². The molecule has 1 aliphatic rings. The molecular formula is C14H19N5S. The van der Waals surface area contributed by atoms with Crippen LogP contribution in [0.25, 0.3) is 0 Å². The first-order valence-corrected chi connectivity index (χ1v) is 7.83. The number of nitrogens with zero attached hydrogens (tertiary/aromatic N) is 3. The van der Waals surface area contributed by atoms with Crippen LogP contribution in [0.3, 0.4) is 0 Å². The van der Waals surface area contributed by atoms with Crippen molar-refractivity contribution in [1.29, 1.82) is 0 Å². The van der Waals surface area contributed by atoms with Gasteiger partial charge >= 0.3 is 0 Å². The van der Waals surface area contributed by atoms with Crippen LogP contribution in [-0.2, 0) is 13.0 Å². The van der Waals surface area contributed by atoms with Crippen molar-refractivity contribution in [1.82, 2.24) is 9.97 Å².